The summed E-state index contributed by atoms with van der Waals surface area (Å²) in [6.07, 6.45) is 1.93. The van der Waals surface area contributed by atoms with E-state index in [0.717, 1.165) is 22.6 Å². The summed E-state index contributed by atoms with van der Waals surface area (Å²) < 4.78 is 1.97. The van der Waals surface area contributed by atoms with Crippen molar-refractivity contribution in [2.24, 2.45) is 0 Å². The smallest absolute Gasteiger partial charge is 0.270 e. The van der Waals surface area contributed by atoms with E-state index in [-0.39, 0.29) is 5.69 Å². The SMILES string of the molecule is Cc1c(-c2cccc([N+](=O)[O-])c2)nc2ccccn12. The fourth-order valence-electron chi connectivity index (χ4n) is 2.16. The van der Waals surface area contributed by atoms with Crippen molar-refractivity contribution in [3.05, 3.63) is 64.5 Å². The van der Waals surface area contributed by atoms with Gasteiger partial charge in [-0.3, -0.25) is 10.1 Å². The summed E-state index contributed by atoms with van der Waals surface area (Å²) in [7, 11) is 0. The van der Waals surface area contributed by atoms with Crippen LogP contribution in [-0.2, 0) is 0 Å². The number of benzene rings is 1. The van der Waals surface area contributed by atoms with Gasteiger partial charge in [-0.2, -0.15) is 0 Å². The fraction of sp³-hybridized carbons (Fsp3) is 0.0714. The Morgan fingerprint density at radius 1 is 1.21 bits per heavy atom. The predicted molar refractivity (Wildman–Crippen MR) is 72.0 cm³/mol. The summed E-state index contributed by atoms with van der Waals surface area (Å²) in [4.78, 5) is 15.0. The van der Waals surface area contributed by atoms with E-state index in [1.54, 1.807) is 12.1 Å². The number of imidazole rings is 1. The molecule has 0 amide bonds. The summed E-state index contributed by atoms with van der Waals surface area (Å²) in [6, 6.07) is 12.3. The Labute approximate surface area is 109 Å². The molecule has 0 saturated heterocycles. The standard InChI is InChI=1S/C14H11N3O2/c1-10-14(15-13-7-2-3-8-16(10)13)11-5-4-6-12(9-11)17(18)19/h2-9H,1H3. The van der Waals surface area contributed by atoms with E-state index in [0.29, 0.717) is 0 Å². The van der Waals surface area contributed by atoms with E-state index in [9.17, 15) is 10.1 Å². The number of hydrogen-bond acceptors (Lipinski definition) is 3. The molecule has 3 aromatic rings. The van der Waals surface area contributed by atoms with Crippen LogP contribution in [0, 0.1) is 17.0 Å². The molecule has 0 N–H and O–H groups in total. The van der Waals surface area contributed by atoms with Gasteiger partial charge >= 0.3 is 0 Å². The van der Waals surface area contributed by atoms with Crippen LogP contribution in [-0.4, -0.2) is 14.3 Å². The van der Waals surface area contributed by atoms with E-state index in [1.807, 2.05) is 41.8 Å². The minimum absolute atomic E-state index is 0.0777. The van der Waals surface area contributed by atoms with E-state index >= 15 is 0 Å². The first kappa shape index (κ1) is 11.4. The molecule has 5 nitrogen and oxygen atoms in total. The van der Waals surface area contributed by atoms with Crippen LogP contribution >= 0.6 is 0 Å². The Kier molecular flexibility index (Phi) is 2.52. The lowest BCUT2D eigenvalue weighted by molar-refractivity contribution is -0.384. The first-order valence-electron chi connectivity index (χ1n) is 5.85. The van der Waals surface area contributed by atoms with Gasteiger partial charge in [0.25, 0.3) is 5.69 Å². The van der Waals surface area contributed by atoms with Crippen molar-refractivity contribution in [2.75, 3.05) is 0 Å². The molecule has 19 heavy (non-hydrogen) atoms. The number of non-ortho nitro benzene ring substituents is 1. The average molecular weight is 253 g/mol. The third kappa shape index (κ3) is 1.85. The maximum Gasteiger partial charge on any atom is 0.270 e. The van der Waals surface area contributed by atoms with Gasteiger partial charge in [0.05, 0.1) is 10.6 Å². The molecule has 0 atom stereocenters. The molecule has 0 spiro atoms. The Bertz CT molecular complexity index is 777. The lowest BCUT2D eigenvalue weighted by Crippen LogP contribution is -1.89. The second kappa shape index (κ2) is 4.20. The lowest BCUT2D eigenvalue weighted by Gasteiger charge is -1.99. The molecule has 0 bridgehead atoms. The highest BCUT2D eigenvalue weighted by molar-refractivity contribution is 5.68. The molecule has 2 aromatic heterocycles. The number of aryl methyl sites for hydroxylation is 1. The van der Waals surface area contributed by atoms with Crippen LogP contribution in [0.5, 0.6) is 0 Å². The number of nitro groups is 1. The van der Waals surface area contributed by atoms with Gasteiger partial charge in [-0.05, 0) is 19.1 Å². The number of aromatic nitrogens is 2. The summed E-state index contributed by atoms with van der Waals surface area (Å²) in [5, 5.41) is 10.8. The zero-order valence-electron chi connectivity index (χ0n) is 10.3. The largest absolute Gasteiger partial charge is 0.304 e. The highest BCUT2D eigenvalue weighted by Gasteiger charge is 2.13. The Morgan fingerprint density at radius 2 is 2.05 bits per heavy atom. The number of hydrogen-bond donors (Lipinski definition) is 0. The van der Waals surface area contributed by atoms with Gasteiger partial charge in [-0.1, -0.05) is 18.2 Å². The van der Waals surface area contributed by atoms with Gasteiger partial charge in [0.2, 0.25) is 0 Å². The topological polar surface area (TPSA) is 60.4 Å². The van der Waals surface area contributed by atoms with Gasteiger partial charge in [0, 0.05) is 29.6 Å². The van der Waals surface area contributed by atoms with Crippen molar-refractivity contribution < 1.29 is 4.92 Å². The van der Waals surface area contributed by atoms with Gasteiger partial charge in [-0.25, -0.2) is 4.98 Å². The molecule has 0 unspecified atom stereocenters. The molecular formula is C14H11N3O2. The number of nitro benzene ring substituents is 1. The first-order chi connectivity index (χ1) is 9.16. The molecule has 0 aliphatic carbocycles. The van der Waals surface area contributed by atoms with Crippen molar-refractivity contribution in [3.8, 4) is 11.3 Å². The number of pyridine rings is 1. The Morgan fingerprint density at radius 3 is 2.79 bits per heavy atom. The van der Waals surface area contributed by atoms with Crippen LogP contribution < -0.4 is 0 Å². The predicted octanol–water partition coefficient (Wildman–Crippen LogP) is 3.22. The zero-order chi connectivity index (χ0) is 13.4. The van der Waals surface area contributed by atoms with Gasteiger partial charge < -0.3 is 4.40 Å². The van der Waals surface area contributed by atoms with Crippen LogP contribution in [0.2, 0.25) is 0 Å². The van der Waals surface area contributed by atoms with E-state index < -0.39 is 4.92 Å². The second-order valence-corrected chi connectivity index (χ2v) is 4.28. The fourth-order valence-corrected chi connectivity index (χ4v) is 2.16. The Hall–Kier alpha value is -2.69. The minimum Gasteiger partial charge on any atom is -0.304 e. The monoisotopic (exact) mass is 253 g/mol. The summed E-state index contributed by atoms with van der Waals surface area (Å²) in [6.45, 7) is 1.95. The molecule has 5 heteroatoms. The maximum atomic E-state index is 10.8. The highest BCUT2D eigenvalue weighted by atomic mass is 16.6. The van der Waals surface area contributed by atoms with Crippen LogP contribution in [0.15, 0.2) is 48.7 Å². The number of fused-ring (bicyclic) bond motifs is 1. The summed E-state index contributed by atoms with van der Waals surface area (Å²) in [5.41, 5.74) is 3.41. The van der Waals surface area contributed by atoms with Crippen LogP contribution in [0.4, 0.5) is 5.69 Å². The quantitative estimate of drug-likeness (QED) is 0.520. The molecule has 0 saturated carbocycles. The van der Waals surface area contributed by atoms with E-state index in [1.165, 1.54) is 6.07 Å². The third-order valence-electron chi connectivity index (χ3n) is 3.10. The normalized spacial score (nSPS) is 10.8. The first-order valence-corrected chi connectivity index (χ1v) is 5.85. The van der Waals surface area contributed by atoms with E-state index in [2.05, 4.69) is 4.98 Å². The van der Waals surface area contributed by atoms with Crippen molar-refractivity contribution in [2.45, 2.75) is 6.92 Å². The third-order valence-corrected chi connectivity index (χ3v) is 3.10. The lowest BCUT2D eigenvalue weighted by atomic mass is 10.1. The van der Waals surface area contributed by atoms with Crippen molar-refractivity contribution >= 4 is 11.3 Å². The van der Waals surface area contributed by atoms with Gasteiger partial charge in [-0.15, -0.1) is 0 Å². The molecule has 2 heterocycles. The number of nitrogens with zero attached hydrogens (tertiary/aromatic N) is 3. The van der Waals surface area contributed by atoms with Crippen molar-refractivity contribution in [1.82, 2.24) is 9.38 Å². The second-order valence-electron chi connectivity index (χ2n) is 4.28. The van der Waals surface area contributed by atoms with E-state index in [4.69, 9.17) is 0 Å². The van der Waals surface area contributed by atoms with Crippen LogP contribution in [0.25, 0.3) is 16.9 Å². The van der Waals surface area contributed by atoms with Gasteiger partial charge in [0.15, 0.2) is 0 Å². The summed E-state index contributed by atoms with van der Waals surface area (Å²) >= 11 is 0. The minimum atomic E-state index is -0.394. The van der Waals surface area contributed by atoms with Crippen molar-refractivity contribution in [1.29, 1.82) is 0 Å². The molecular weight excluding hydrogens is 242 g/mol. The molecule has 0 aliphatic heterocycles. The average Bonchev–Trinajstić information content (AvgIpc) is 2.77. The maximum absolute atomic E-state index is 10.8. The molecule has 0 aliphatic rings. The molecule has 0 radical (unpaired) electrons. The highest BCUT2D eigenvalue weighted by Crippen LogP contribution is 2.26. The van der Waals surface area contributed by atoms with Crippen LogP contribution in [0.3, 0.4) is 0 Å². The molecule has 3 rings (SSSR count). The van der Waals surface area contributed by atoms with Crippen molar-refractivity contribution in [3.63, 3.8) is 0 Å². The molecule has 1 aromatic carbocycles. The molecule has 0 fully saturated rings. The summed E-state index contributed by atoms with van der Waals surface area (Å²) in [5.74, 6) is 0. The van der Waals surface area contributed by atoms with Gasteiger partial charge in [0.1, 0.15) is 5.65 Å². The molecule has 94 valence electrons. The Balaban J connectivity index is 2.21. The van der Waals surface area contributed by atoms with Crippen LogP contribution in [0.1, 0.15) is 5.69 Å². The zero-order valence-corrected chi connectivity index (χ0v) is 10.3. The number of rotatable bonds is 2.